The standard InChI is InChI=1S/C28H26N2O8S/c1-4-36-23-12-18(6-9-21(23)37-15-19-7-10-22(38-19)27(33)34)13-24-26(32)30(28(35)39-24)14-25(31)29-20-8-5-16(2)11-17(20)3/h5-13H,4,14-15H2,1-3H3,(H,29,31)(H,33,34). The van der Waals surface area contributed by atoms with Crippen LogP contribution in [-0.4, -0.2) is 46.2 Å². The summed E-state index contributed by atoms with van der Waals surface area (Å²) >= 11 is 0.752. The molecule has 39 heavy (non-hydrogen) atoms. The van der Waals surface area contributed by atoms with Crippen molar-refractivity contribution in [2.75, 3.05) is 18.5 Å². The fourth-order valence-electron chi connectivity index (χ4n) is 3.80. The molecule has 11 heteroatoms. The highest BCUT2D eigenvalue weighted by Gasteiger charge is 2.36. The summed E-state index contributed by atoms with van der Waals surface area (Å²) in [5.41, 5.74) is 3.14. The molecular weight excluding hydrogens is 524 g/mol. The number of furan rings is 1. The van der Waals surface area contributed by atoms with E-state index in [4.69, 9.17) is 19.0 Å². The molecule has 1 aromatic heterocycles. The van der Waals surface area contributed by atoms with Crippen LogP contribution in [0.1, 0.15) is 39.9 Å². The Kier molecular flexibility index (Phi) is 8.40. The number of hydrogen-bond acceptors (Lipinski definition) is 8. The second kappa shape index (κ2) is 11.9. The van der Waals surface area contributed by atoms with Crippen molar-refractivity contribution in [1.82, 2.24) is 4.90 Å². The third-order valence-corrected chi connectivity index (χ3v) is 6.55. The SMILES string of the molecule is CCOc1cc(C=C2SC(=O)N(CC(=O)Nc3ccc(C)cc3C)C2=O)ccc1OCc1ccc(C(=O)O)o1. The lowest BCUT2D eigenvalue weighted by molar-refractivity contribution is -0.127. The summed E-state index contributed by atoms with van der Waals surface area (Å²) in [6.45, 7) is 5.54. The number of carbonyl (C=O) groups excluding carboxylic acids is 3. The van der Waals surface area contributed by atoms with E-state index in [0.717, 1.165) is 27.8 Å². The Labute approximate surface area is 228 Å². The number of thioether (sulfide) groups is 1. The van der Waals surface area contributed by atoms with Gasteiger partial charge in [0.2, 0.25) is 11.7 Å². The summed E-state index contributed by atoms with van der Waals surface area (Å²) in [5.74, 6) is -1.29. The monoisotopic (exact) mass is 550 g/mol. The van der Waals surface area contributed by atoms with Crippen LogP contribution in [0.3, 0.4) is 0 Å². The predicted molar refractivity (Wildman–Crippen MR) is 145 cm³/mol. The molecule has 3 amide bonds. The molecule has 2 aromatic carbocycles. The molecule has 1 aliphatic rings. The minimum absolute atomic E-state index is 0.0181. The number of aromatic carboxylic acids is 1. The molecule has 202 valence electrons. The van der Waals surface area contributed by atoms with Gasteiger partial charge in [-0.25, -0.2) is 4.79 Å². The third-order valence-electron chi connectivity index (χ3n) is 5.64. The Morgan fingerprint density at radius 2 is 1.85 bits per heavy atom. The van der Waals surface area contributed by atoms with Gasteiger partial charge in [-0.3, -0.25) is 19.3 Å². The van der Waals surface area contributed by atoms with Gasteiger partial charge in [-0.15, -0.1) is 0 Å². The van der Waals surface area contributed by atoms with Crippen LogP contribution in [0.5, 0.6) is 11.5 Å². The molecule has 0 spiro atoms. The van der Waals surface area contributed by atoms with E-state index in [9.17, 15) is 19.2 Å². The van der Waals surface area contributed by atoms with Crippen molar-refractivity contribution >= 4 is 46.5 Å². The molecule has 3 aromatic rings. The maximum Gasteiger partial charge on any atom is 0.371 e. The summed E-state index contributed by atoms with van der Waals surface area (Å²) in [7, 11) is 0. The van der Waals surface area contributed by atoms with Gasteiger partial charge < -0.3 is 24.3 Å². The van der Waals surface area contributed by atoms with E-state index in [-0.39, 0.29) is 17.3 Å². The van der Waals surface area contributed by atoms with Crippen LogP contribution >= 0.6 is 11.8 Å². The summed E-state index contributed by atoms with van der Waals surface area (Å²) in [6, 6.07) is 13.4. The molecule has 0 bridgehead atoms. The average molecular weight is 551 g/mol. The lowest BCUT2D eigenvalue weighted by atomic mass is 10.1. The van der Waals surface area contributed by atoms with Crippen LogP contribution in [0.15, 0.2) is 57.9 Å². The minimum Gasteiger partial charge on any atom is -0.490 e. The van der Waals surface area contributed by atoms with Gasteiger partial charge in [0.15, 0.2) is 11.5 Å². The maximum absolute atomic E-state index is 12.9. The van der Waals surface area contributed by atoms with Crippen LogP contribution in [0.25, 0.3) is 6.08 Å². The topological polar surface area (TPSA) is 135 Å². The van der Waals surface area contributed by atoms with Crippen molar-refractivity contribution in [3.63, 3.8) is 0 Å². The molecule has 1 fully saturated rings. The van der Waals surface area contributed by atoms with E-state index < -0.39 is 29.6 Å². The van der Waals surface area contributed by atoms with Crippen LogP contribution in [0.4, 0.5) is 10.5 Å². The van der Waals surface area contributed by atoms with Crippen LogP contribution in [0.2, 0.25) is 0 Å². The molecule has 0 unspecified atom stereocenters. The summed E-state index contributed by atoms with van der Waals surface area (Å²) < 4.78 is 16.6. The highest BCUT2D eigenvalue weighted by molar-refractivity contribution is 8.18. The number of hydrogen-bond donors (Lipinski definition) is 2. The van der Waals surface area contributed by atoms with Crippen LogP contribution < -0.4 is 14.8 Å². The second-order valence-corrected chi connectivity index (χ2v) is 9.63. The number of carbonyl (C=O) groups is 4. The summed E-state index contributed by atoms with van der Waals surface area (Å²) in [4.78, 5) is 50.1. The van der Waals surface area contributed by atoms with E-state index in [1.807, 2.05) is 26.0 Å². The molecule has 2 heterocycles. The Hall–Kier alpha value is -4.51. The average Bonchev–Trinajstić information content (AvgIpc) is 3.46. The molecule has 4 rings (SSSR count). The Morgan fingerprint density at radius 3 is 2.54 bits per heavy atom. The number of carboxylic acid groups (broad SMARTS) is 1. The highest BCUT2D eigenvalue weighted by atomic mass is 32.2. The normalized spacial score (nSPS) is 14.1. The van der Waals surface area contributed by atoms with E-state index >= 15 is 0 Å². The number of rotatable bonds is 10. The van der Waals surface area contributed by atoms with Crippen molar-refractivity contribution in [3.8, 4) is 11.5 Å². The van der Waals surface area contributed by atoms with Crippen LogP contribution in [-0.2, 0) is 16.2 Å². The molecule has 0 saturated carbocycles. The lowest BCUT2D eigenvalue weighted by Crippen LogP contribution is -2.36. The number of aryl methyl sites for hydroxylation is 2. The van der Waals surface area contributed by atoms with E-state index in [1.165, 1.54) is 12.1 Å². The molecule has 1 aliphatic heterocycles. The first kappa shape index (κ1) is 27.5. The highest BCUT2D eigenvalue weighted by Crippen LogP contribution is 2.35. The van der Waals surface area contributed by atoms with Gasteiger partial charge in [0.1, 0.15) is 18.9 Å². The number of benzene rings is 2. The first-order valence-electron chi connectivity index (χ1n) is 12.0. The van der Waals surface area contributed by atoms with E-state index in [2.05, 4.69) is 5.32 Å². The van der Waals surface area contributed by atoms with Crippen molar-refractivity contribution < 1.29 is 38.2 Å². The van der Waals surface area contributed by atoms with Crippen molar-refractivity contribution in [3.05, 3.63) is 81.6 Å². The number of nitrogens with one attached hydrogen (secondary N) is 1. The van der Waals surface area contributed by atoms with Gasteiger partial charge in [0.25, 0.3) is 11.1 Å². The predicted octanol–water partition coefficient (Wildman–Crippen LogP) is 5.25. The van der Waals surface area contributed by atoms with Gasteiger partial charge in [0, 0.05) is 5.69 Å². The van der Waals surface area contributed by atoms with Crippen molar-refractivity contribution in [2.45, 2.75) is 27.4 Å². The first-order chi connectivity index (χ1) is 18.6. The zero-order valence-corrected chi connectivity index (χ0v) is 22.3. The Balaban J connectivity index is 1.44. The number of imide groups is 1. The van der Waals surface area contributed by atoms with E-state index in [1.54, 1.807) is 37.3 Å². The van der Waals surface area contributed by atoms with Gasteiger partial charge in [-0.05, 0) is 80.1 Å². The molecule has 10 nitrogen and oxygen atoms in total. The zero-order chi connectivity index (χ0) is 28.1. The van der Waals surface area contributed by atoms with Crippen molar-refractivity contribution in [1.29, 1.82) is 0 Å². The quantitative estimate of drug-likeness (QED) is 0.325. The molecule has 2 N–H and O–H groups in total. The number of ether oxygens (including phenoxy) is 2. The third kappa shape index (κ3) is 6.68. The molecule has 0 aliphatic carbocycles. The molecule has 0 atom stereocenters. The van der Waals surface area contributed by atoms with Gasteiger partial charge in [-0.1, -0.05) is 23.8 Å². The zero-order valence-electron chi connectivity index (χ0n) is 21.5. The second-order valence-electron chi connectivity index (χ2n) is 8.63. The molecule has 1 saturated heterocycles. The summed E-state index contributed by atoms with van der Waals surface area (Å²) in [5, 5.41) is 11.2. The maximum atomic E-state index is 12.9. The van der Waals surface area contributed by atoms with Gasteiger partial charge in [0.05, 0.1) is 11.5 Å². The number of anilines is 1. The number of nitrogens with zero attached hydrogens (tertiary/aromatic N) is 1. The minimum atomic E-state index is -1.17. The number of carboxylic acids is 1. The van der Waals surface area contributed by atoms with Crippen molar-refractivity contribution in [2.24, 2.45) is 0 Å². The first-order valence-corrected chi connectivity index (χ1v) is 12.8. The Morgan fingerprint density at radius 1 is 1.05 bits per heavy atom. The smallest absolute Gasteiger partial charge is 0.371 e. The van der Waals surface area contributed by atoms with Gasteiger partial charge >= 0.3 is 5.97 Å². The fraction of sp³-hybridized carbons (Fsp3) is 0.214. The van der Waals surface area contributed by atoms with Crippen LogP contribution in [0, 0.1) is 13.8 Å². The molecule has 0 radical (unpaired) electrons. The van der Waals surface area contributed by atoms with Gasteiger partial charge in [-0.2, -0.15) is 0 Å². The Bertz CT molecular complexity index is 1480. The largest absolute Gasteiger partial charge is 0.490 e. The summed E-state index contributed by atoms with van der Waals surface area (Å²) in [6.07, 6.45) is 1.55. The van der Waals surface area contributed by atoms with E-state index in [0.29, 0.717) is 35.1 Å². The lowest BCUT2D eigenvalue weighted by Gasteiger charge is -2.14. The fourth-order valence-corrected chi connectivity index (χ4v) is 4.63. The molecular formula is C28H26N2O8S. The number of amides is 3.